The van der Waals surface area contributed by atoms with Gasteiger partial charge >= 0.3 is 5.97 Å². The smallest absolute Gasteiger partial charge is 0.344 e. The van der Waals surface area contributed by atoms with Gasteiger partial charge in [-0.1, -0.05) is 6.07 Å². The molecule has 0 atom stereocenters. The van der Waals surface area contributed by atoms with E-state index < -0.39 is 11.8 Å². The van der Waals surface area contributed by atoms with E-state index in [0.29, 0.717) is 5.56 Å². The minimum Gasteiger partial charge on any atom is -0.495 e. The Labute approximate surface area is 87.8 Å². The molecule has 1 aromatic carbocycles. The number of hydrogen-bond acceptors (Lipinski definition) is 3. The highest BCUT2D eigenvalue weighted by molar-refractivity contribution is 5.93. The summed E-state index contributed by atoms with van der Waals surface area (Å²) in [6, 6.07) is 2.78. The summed E-state index contributed by atoms with van der Waals surface area (Å²) >= 11 is 0. The van der Waals surface area contributed by atoms with E-state index in [-0.39, 0.29) is 17.9 Å². The van der Waals surface area contributed by atoms with Crippen molar-refractivity contribution in [3.8, 4) is 5.75 Å². The molecular formula is C11H13FO3. The summed E-state index contributed by atoms with van der Waals surface area (Å²) in [6.07, 6.45) is 0. The molecule has 0 aromatic heterocycles. The van der Waals surface area contributed by atoms with E-state index in [4.69, 9.17) is 9.47 Å². The number of methoxy groups -OCH3 is 1. The van der Waals surface area contributed by atoms with Crippen LogP contribution in [0.5, 0.6) is 5.75 Å². The van der Waals surface area contributed by atoms with Crippen LogP contribution in [0.2, 0.25) is 0 Å². The Bertz CT molecular complexity index is 374. The van der Waals surface area contributed by atoms with Crippen LogP contribution in [0.4, 0.5) is 4.39 Å². The first-order chi connectivity index (χ1) is 7.11. The first-order valence-electron chi connectivity index (χ1n) is 4.62. The largest absolute Gasteiger partial charge is 0.495 e. The van der Waals surface area contributed by atoms with Crippen LogP contribution in [0.15, 0.2) is 12.1 Å². The van der Waals surface area contributed by atoms with Gasteiger partial charge in [0.2, 0.25) is 0 Å². The zero-order chi connectivity index (χ0) is 11.4. The number of esters is 1. The molecule has 1 rings (SSSR count). The average molecular weight is 212 g/mol. The Morgan fingerprint density at radius 2 is 2.13 bits per heavy atom. The van der Waals surface area contributed by atoms with Crippen molar-refractivity contribution in [2.24, 2.45) is 0 Å². The molecule has 15 heavy (non-hydrogen) atoms. The van der Waals surface area contributed by atoms with Crippen molar-refractivity contribution in [3.05, 3.63) is 29.1 Å². The Kier molecular flexibility index (Phi) is 3.66. The number of carbonyl (C=O) groups excluding carboxylic acids is 1. The molecule has 0 saturated carbocycles. The van der Waals surface area contributed by atoms with Crippen molar-refractivity contribution in [2.75, 3.05) is 13.7 Å². The summed E-state index contributed by atoms with van der Waals surface area (Å²) in [5.41, 5.74) is 0.557. The first-order valence-corrected chi connectivity index (χ1v) is 4.62. The summed E-state index contributed by atoms with van der Waals surface area (Å²) in [7, 11) is 1.39. The molecule has 1 aromatic rings. The second-order valence-corrected chi connectivity index (χ2v) is 2.99. The van der Waals surface area contributed by atoms with Gasteiger partial charge in [0.25, 0.3) is 0 Å². The van der Waals surface area contributed by atoms with Crippen LogP contribution in [0.1, 0.15) is 22.8 Å². The van der Waals surface area contributed by atoms with Gasteiger partial charge in [-0.25, -0.2) is 9.18 Å². The van der Waals surface area contributed by atoms with Gasteiger partial charge in [-0.3, -0.25) is 0 Å². The van der Waals surface area contributed by atoms with Crippen LogP contribution in [-0.2, 0) is 4.74 Å². The summed E-state index contributed by atoms with van der Waals surface area (Å²) < 4.78 is 23.1. The number of aryl methyl sites for hydroxylation is 1. The summed E-state index contributed by atoms with van der Waals surface area (Å²) in [6.45, 7) is 3.61. The molecule has 4 heteroatoms. The maximum Gasteiger partial charge on any atom is 0.344 e. The standard InChI is InChI=1S/C11H13FO3/c1-4-15-11(13)9-8(12)6-5-7(2)10(9)14-3/h5-6H,4H2,1-3H3. The van der Waals surface area contributed by atoms with Crippen molar-refractivity contribution >= 4 is 5.97 Å². The fraction of sp³-hybridized carbons (Fsp3) is 0.364. The van der Waals surface area contributed by atoms with E-state index in [0.717, 1.165) is 0 Å². The Morgan fingerprint density at radius 3 is 2.67 bits per heavy atom. The zero-order valence-electron chi connectivity index (χ0n) is 8.96. The van der Waals surface area contributed by atoms with Crippen molar-refractivity contribution in [1.82, 2.24) is 0 Å². The van der Waals surface area contributed by atoms with Gasteiger partial charge in [0.1, 0.15) is 17.1 Å². The summed E-state index contributed by atoms with van der Waals surface area (Å²) in [5.74, 6) is -1.10. The minimum atomic E-state index is -0.699. The third-order valence-corrected chi connectivity index (χ3v) is 1.99. The van der Waals surface area contributed by atoms with Crippen LogP contribution >= 0.6 is 0 Å². The van der Waals surface area contributed by atoms with Gasteiger partial charge in [-0.15, -0.1) is 0 Å². The molecule has 0 heterocycles. The lowest BCUT2D eigenvalue weighted by Crippen LogP contribution is -2.10. The highest BCUT2D eigenvalue weighted by Gasteiger charge is 2.20. The van der Waals surface area contributed by atoms with Gasteiger partial charge in [0, 0.05) is 0 Å². The molecule has 0 spiro atoms. The van der Waals surface area contributed by atoms with Gasteiger partial charge in [0.15, 0.2) is 0 Å². The first kappa shape index (κ1) is 11.5. The molecule has 0 aliphatic rings. The predicted molar refractivity (Wildman–Crippen MR) is 53.6 cm³/mol. The highest BCUT2D eigenvalue weighted by Crippen LogP contribution is 2.26. The fourth-order valence-electron chi connectivity index (χ4n) is 1.32. The molecule has 0 N–H and O–H groups in total. The number of carbonyl (C=O) groups is 1. The van der Waals surface area contributed by atoms with Crippen LogP contribution in [0, 0.1) is 12.7 Å². The van der Waals surface area contributed by atoms with E-state index in [9.17, 15) is 9.18 Å². The second-order valence-electron chi connectivity index (χ2n) is 2.99. The number of rotatable bonds is 3. The van der Waals surface area contributed by atoms with Crippen molar-refractivity contribution < 1.29 is 18.7 Å². The lowest BCUT2D eigenvalue weighted by molar-refractivity contribution is 0.0517. The molecule has 0 bridgehead atoms. The molecule has 82 valence electrons. The molecule has 0 radical (unpaired) electrons. The zero-order valence-corrected chi connectivity index (χ0v) is 8.96. The van der Waals surface area contributed by atoms with Crippen molar-refractivity contribution in [1.29, 1.82) is 0 Å². The fourth-order valence-corrected chi connectivity index (χ4v) is 1.32. The monoisotopic (exact) mass is 212 g/mol. The molecule has 0 amide bonds. The lowest BCUT2D eigenvalue weighted by Gasteiger charge is -2.10. The van der Waals surface area contributed by atoms with Crippen molar-refractivity contribution in [3.63, 3.8) is 0 Å². The Balaban J connectivity index is 3.24. The van der Waals surface area contributed by atoms with Crippen LogP contribution < -0.4 is 4.74 Å². The summed E-state index contributed by atoms with van der Waals surface area (Å²) in [5, 5.41) is 0. The van der Waals surface area contributed by atoms with E-state index in [1.54, 1.807) is 19.9 Å². The van der Waals surface area contributed by atoms with E-state index in [2.05, 4.69) is 0 Å². The van der Waals surface area contributed by atoms with Gasteiger partial charge < -0.3 is 9.47 Å². The lowest BCUT2D eigenvalue weighted by atomic mass is 10.1. The van der Waals surface area contributed by atoms with Gasteiger partial charge in [-0.05, 0) is 25.5 Å². The molecule has 0 aliphatic heterocycles. The van der Waals surface area contributed by atoms with Gasteiger partial charge in [0.05, 0.1) is 13.7 Å². The maximum atomic E-state index is 13.4. The molecule has 0 aliphatic carbocycles. The number of halogens is 1. The van der Waals surface area contributed by atoms with E-state index in [1.165, 1.54) is 13.2 Å². The van der Waals surface area contributed by atoms with Crippen LogP contribution in [-0.4, -0.2) is 19.7 Å². The molecule has 0 unspecified atom stereocenters. The molecule has 0 fully saturated rings. The molecular weight excluding hydrogens is 199 g/mol. The third-order valence-electron chi connectivity index (χ3n) is 1.99. The van der Waals surface area contributed by atoms with E-state index >= 15 is 0 Å². The number of hydrogen-bond donors (Lipinski definition) is 0. The number of ether oxygens (including phenoxy) is 2. The second kappa shape index (κ2) is 4.77. The van der Waals surface area contributed by atoms with Crippen LogP contribution in [0.3, 0.4) is 0 Å². The average Bonchev–Trinajstić information content (AvgIpc) is 2.21. The van der Waals surface area contributed by atoms with Gasteiger partial charge in [-0.2, -0.15) is 0 Å². The Morgan fingerprint density at radius 1 is 1.47 bits per heavy atom. The normalized spacial score (nSPS) is 9.87. The maximum absolute atomic E-state index is 13.4. The topological polar surface area (TPSA) is 35.5 Å². The molecule has 3 nitrogen and oxygen atoms in total. The third kappa shape index (κ3) is 2.26. The molecule has 0 saturated heterocycles. The minimum absolute atomic E-state index is 0.139. The summed E-state index contributed by atoms with van der Waals surface area (Å²) in [4.78, 5) is 11.5. The van der Waals surface area contributed by atoms with E-state index in [1.807, 2.05) is 0 Å². The van der Waals surface area contributed by atoms with Crippen molar-refractivity contribution in [2.45, 2.75) is 13.8 Å². The SMILES string of the molecule is CCOC(=O)c1c(F)ccc(C)c1OC. The van der Waals surface area contributed by atoms with Crippen LogP contribution in [0.25, 0.3) is 0 Å². The number of benzene rings is 1. The Hall–Kier alpha value is -1.58. The quantitative estimate of drug-likeness (QED) is 0.721. The predicted octanol–water partition coefficient (Wildman–Crippen LogP) is 2.32. The highest BCUT2D eigenvalue weighted by atomic mass is 19.1.